The van der Waals surface area contributed by atoms with Crippen LogP contribution in [0.15, 0.2) is 0 Å². The van der Waals surface area contributed by atoms with Gasteiger partial charge in [-0.25, -0.2) is 0 Å². The normalized spacial score (nSPS) is 30.4. The third-order valence-electron chi connectivity index (χ3n) is 3.83. The minimum Gasteiger partial charge on any atom is -0.390 e. The number of nitrogens with zero attached hydrogens (tertiary/aromatic N) is 1. The summed E-state index contributed by atoms with van der Waals surface area (Å²) in [6.45, 7) is 9.81. The predicted octanol–water partition coefficient (Wildman–Crippen LogP) is 2.43. The van der Waals surface area contributed by atoms with Crippen molar-refractivity contribution in [3.63, 3.8) is 0 Å². The van der Waals surface area contributed by atoms with Gasteiger partial charge in [0.2, 0.25) is 0 Å². The highest BCUT2D eigenvalue weighted by atomic mass is 32.1. The Morgan fingerprint density at radius 2 is 2.00 bits per heavy atom. The molecule has 0 aromatic rings. The number of likely N-dealkylation sites (tertiary alicyclic amines) is 1. The van der Waals surface area contributed by atoms with Crippen LogP contribution in [0.25, 0.3) is 0 Å². The van der Waals surface area contributed by atoms with E-state index in [0.717, 1.165) is 44.6 Å². The van der Waals surface area contributed by atoms with Gasteiger partial charge in [0.15, 0.2) is 0 Å². The molecule has 16 heavy (non-hydrogen) atoms. The van der Waals surface area contributed by atoms with Crippen molar-refractivity contribution >= 4 is 12.6 Å². The van der Waals surface area contributed by atoms with Crippen molar-refractivity contribution in [1.82, 2.24) is 4.90 Å². The molecule has 0 aromatic carbocycles. The lowest BCUT2D eigenvalue weighted by Crippen LogP contribution is -2.34. The molecule has 0 radical (unpaired) electrons. The maximum absolute atomic E-state index is 10.0. The summed E-state index contributed by atoms with van der Waals surface area (Å²) in [6, 6.07) is 0. The largest absolute Gasteiger partial charge is 0.390 e. The quantitative estimate of drug-likeness (QED) is 0.743. The van der Waals surface area contributed by atoms with Crippen LogP contribution in [-0.4, -0.2) is 41.0 Å². The van der Waals surface area contributed by atoms with Crippen molar-refractivity contribution < 1.29 is 5.11 Å². The zero-order chi connectivity index (χ0) is 12.2. The number of hydrogen-bond donors (Lipinski definition) is 2. The van der Waals surface area contributed by atoms with Crippen molar-refractivity contribution in [2.45, 2.75) is 45.6 Å². The predicted molar refractivity (Wildman–Crippen MR) is 73.1 cm³/mol. The fourth-order valence-corrected chi connectivity index (χ4v) is 2.85. The number of aliphatic hydroxyl groups is 1. The van der Waals surface area contributed by atoms with Crippen LogP contribution in [0.2, 0.25) is 0 Å². The van der Waals surface area contributed by atoms with E-state index in [0.29, 0.717) is 11.8 Å². The van der Waals surface area contributed by atoms with E-state index >= 15 is 0 Å². The summed E-state index contributed by atoms with van der Waals surface area (Å²) >= 11 is 4.44. The Morgan fingerprint density at radius 3 is 2.56 bits per heavy atom. The second-order valence-electron chi connectivity index (χ2n) is 5.84. The van der Waals surface area contributed by atoms with E-state index in [4.69, 9.17) is 0 Å². The summed E-state index contributed by atoms with van der Waals surface area (Å²) in [4.78, 5) is 2.50. The van der Waals surface area contributed by atoms with E-state index < -0.39 is 5.60 Å². The molecule has 2 nitrogen and oxygen atoms in total. The average molecular weight is 245 g/mol. The van der Waals surface area contributed by atoms with Crippen LogP contribution in [0.1, 0.15) is 40.0 Å². The summed E-state index contributed by atoms with van der Waals surface area (Å²) in [6.07, 6.45) is 2.96. The second-order valence-corrected chi connectivity index (χ2v) is 6.20. The SMILES string of the molecule is CC(C)C(CS)CN1CCCC(C)(O)CC1. The summed E-state index contributed by atoms with van der Waals surface area (Å²) in [5, 5.41) is 10.0. The molecule has 0 spiro atoms. The minimum absolute atomic E-state index is 0.441. The first-order valence-electron chi connectivity index (χ1n) is 6.50. The number of hydrogen-bond acceptors (Lipinski definition) is 3. The maximum atomic E-state index is 10.0. The Balaban J connectivity index is 2.43. The van der Waals surface area contributed by atoms with Gasteiger partial charge in [-0.05, 0) is 50.3 Å². The molecule has 2 atom stereocenters. The van der Waals surface area contributed by atoms with E-state index in [9.17, 15) is 5.11 Å². The lowest BCUT2D eigenvalue weighted by Gasteiger charge is -2.28. The molecule has 96 valence electrons. The minimum atomic E-state index is -0.441. The summed E-state index contributed by atoms with van der Waals surface area (Å²) in [7, 11) is 0. The first kappa shape index (κ1) is 14.3. The van der Waals surface area contributed by atoms with Gasteiger partial charge in [-0.1, -0.05) is 13.8 Å². The van der Waals surface area contributed by atoms with E-state index in [1.54, 1.807) is 0 Å². The summed E-state index contributed by atoms with van der Waals surface area (Å²) < 4.78 is 0. The summed E-state index contributed by atoms with van der Waals surface area (Å²) in [5.74, 6) is 2.33. The van der Waals surface area contributed by atoms with Crippen molar-refractivity contribution in [3.05, 3.63) is 0 Å². The van der Waals surface area contributed by atoms with Gasteiger partial charge in [0.05, 0.1) is 5.60 Å². The average Bonchev–Trinajstić information content (AvgIpc) is 2.36. The fraction of sp³-hybridized carbons (Fsp3) is 1.00. The van der Waals surface area contributed by atoms with Gasteiger partial charge in [0.1, 0.15) is 0 Å². The molecule has 1 aliphatic rings. The van der Waals surface area contributed by atoms with Crippen LogP contribution < -0.4 is 0 Å². The first-order chi connectivity index (χ1) is 7.44. The fourth-order valence-electron chi connectivity index (χ4n) is 2.31. The monoisotopic (exact) mass is 245 g/mol. The molecule has 0 saturated carbocycles. The topological polar surface area (TPSA) is 23.5 Å². The Labute approximate surface area is 106 Å². The molecule has 0 aliphatic carbocycles. The van der Waals surface area contributed by atoms with Crippen LogP contribution in [0, 0.1) is 11.8 Å². The highest BCUT2D eigenvalue weighted by Crippen LogP contribution is 2.23. The van der Waals surface area contributed by atoms with Crippen molar-refractivity contribution in [2.75, 3.05) is 25.4 Å². The molecule has 3 heteroatoms. The molecule has 1 heterocycles. The van der Waals surface area contributed by atoms with Gasteiger partial charge >= 0.3 is 0 Å². The lowest BCUT2D eigenvalue weighted by molar-refractivity contribution is 0.0440. The van der Waals surface area contributed by atoms with Gasteiger partial charge < -0.3 is 10.0 Å². The number of rotatable bonds is 4. The smallest absolute Gasteiger partial charge is 0.0632 e. The van der Waals surface area contributed by atoms with Gasteiger partial charge in [-0.15, -0.1) is 0 Å². The van der Waals surface area contributed by atoms with Crippen molar-refractivity contribution in [2.24, 2.45) is 11.8 Å². The summed E-state index contributed by atoms with van der Waals surface area (Å²) in [5.41, 5.74) is -0.441. The maximum Gasteiger partial charge on any atom is 0.0632 e. The highest BCUT2D eigenvalue weighted by molar-refractivity contribution is 7.80. The van der Waals surface area contributed by atoms with Crippen LogP contribution in [0.3, 0.4) is 0 Å². The third kappa shape index (κ3) is 4.64. The Bertz CT molecular complexity index is 206. The molecule has 0 aromatic heterocycles. The van der Waals surface area contributed by atoms with E-state index in [-0.39, 0.29) is 0 Å². The number of thiol groups is 1. The van der Waals surface area contributed by atoms with Crippen LogP contribution in [-0.2, 0) is 0 Å². The second kappa shape index (κ2) is 6.27. The Kier molecular flexibility index (Phi) is 5.62. The van der Waals surface area contributed by atoms with Gasteiger partial charge in [0, 0.05) is 13.1 Å². The zero-order valence-electron chi connectivity index (χ0n) is 10.9. The first-order valence-corrected chi connectivity index (χ1v) is 7.13. The molecule has 1 fully saturated rings. The molecule has 1 N–H and O–H groups in total. The van der Waals surface area contributed by atoms with Crippen LogP contribution in [0.4, 0.5) is 0 Å². The van der Waals surface area contributed by atoms with Crippen LogP contribution in [0.5, 0.6) is 0 Å². The van der Waals surface area contributed by atoms with Gasteiger partial charge in [0.25, 0.3) is 0 Å². The molecule has 0 amide bonds. The van der Waals surface area contributed by atoms with Crippen molar-refractivity contribution in [3.8, 4) is 0 Å². The van der Waals surface area contributed by atoms with Crippen LogP contribution >= 0.6 is 12.6 Å². The van der Waals surface area contributed by atoms with Gasteiger partial charge in [-0.3, -0.25) is 0 Å². The van der Waals surface area contributed by atoms with E-state index in [1.165, 1.54) is 0 Å². The molecular weight excluding hydrogens is 218 g/mol. The molecule has 0 bridgehead atoms. The lowest BCUT2D eigenvalue weighted by atomic mass is 9.97. The van der Waals surface area contributed by atoms with E-state index in [1.807, 2.05) is 6.92 Å². The van der Waals surface area contributed by atoms with Gasteiger partial charge in [-0.2, -0.15) is 12.6 Å². The highest BCUT2D eigenvalue weighted by Gasteiger charge is 2.26. The molecule has 1 aliphatic heterocycles. The molecule has 1 saturated heterocycles. The standard InChI is InChI=1S/C13H27NOS/c1-11(2)12(10-16)9-14-7-4-5-13(3,15)6-8-14/h11-12,15-16H,4-10H2,1-3H3. The third-order valence-corrected chi connectivity index (χ3v) is 4.30. The Hall–Kier alpha value is 0.270. The molecule has 2 unspecified atom stereocenters. The molecule has 1 rings (SSSR count). The molecular formula is C13H27NOS. The van der Waals surface area contributed by atoms with E-state index in [2.05, 4.69) is 31.4 Å². The van der Waals surface area contributed by atoms with Crippen molar-refractivity contribution in [1.29, 1.82) is 0 Å². The Morgan fingerprint density at radius 1 is 1.31 bits per heavy atom. The zero-order valence-corrected chi connectivity index (χ0v) is 11.8.